The molecule has 0 spiro atoms. The number of methoxy groups -OCH3 is 1. The highest BCUT2D eigenvalue weighted by Gasteiger charge is 2.21. The Bertz CT molecular complexity index is 1660. The highest BCUT2D eigenvalue weighted by Crippen LogP contribution is 2.37. The van der Waals surface area contributed by atoms with Gasteiger partial charge in [0.2, 0.25) is 0 Å². The Labute approximate surface area is 223 Å². The molecule has 0 aliphatic heterocycles. The molecule has 5 aromatic rings. The van der Waals surface area contributed by atoms with Crippen LogP contribution in [-0.2, 0) is 0 Å². The lowest BCUT2D eigenvalue weighted by molar-refractivity contribution is 0.0734. The number of ether oxygens (including phenoxy) is 2. The summed E-state index contributed by atoms with van der Waals surface area (Å²) in [7, 11) is 1.46. The SMILES string of the molecule is COc1cc(C=NNC(=O)c2sc3ccccc3c2Cl)ccc1OC(=O)c1sc2ccccc2c1Cl. The van der Waals surface area contributed by atoms with Crippen molar-refractivity contribution in [3.8, 4) is 11.5 Å². The van der Waals surface area contributed by atoms with Crippen molar-refractivity contribution in [3.63, 3.8) is 0 Å². The number of hydrazone groups is 1. The van der Waals surface area contributed by atoms with E-state index in [1.54, 1.807) is 18.2 Å². The van der Waals surface area contributed by atoms with Gasteiger partial charge < -0.3 is 9.47 Å². The normalized spacial score (nSPS) is 11.3. The first-order chi connectivity index (χ1) is 17.5. The van der Waals surface area contributed by atoms with E-state index in [0.29, 0.717) is 31.1 Å². The van der Waals surface area contributed by atoms with Gasteiger partial charge in [0.15, 0.2) is 11.5 Å². The van der Waals surface area contributed by atoms with E-state index >= 15 is 0 Å². The van der Waals surface area contributed by atoms with E-state index in [2.05, 4.69) is 10.5 Å². The minimum Gasteiger partial charge on any atom is -0.493 e. The summed E-state index contributed by atoms with van der Waals surface area (Å²) in [5, 5.41) is 6.40. The molecule has 6 nitrogen and oxygen atoms in total. The van der Waals surface area contributed by atoms with Gasteiger partial charge in [-0.1, -0.05) is 59.6 Å². The van der Waals surface area contributed by atoms with Crippen molar-refractivity contribution >= 4 is 84.1 Å². The quantitative estimate of drug-likeness (QED) is 0.102. The third-order valence-corrected chi connectivity index (χ3v) is 8.56. The molecule has 0 saturated heterocycles. The number of thiophene rings is 2. The lowest BCUT2D eigenvalue weighted by atomic mass is 10.2. The molecule has 0 fully saturated rings. The Kier molecular flexibility index (Phi) is 6.93. The second-order valence-electron chi connectivity index (χ2n) is 7.48. The maximum Gasteiger partial charge on any atom is 0.355 e. The molecular formula is C26H16Cl2N2O4S2. The van der Waals surface area contributed by atoms with Crippen LogP contribution in [-0.4, -0.2) is 25.2 Å². The third-order valence-electron chi connectivity index (χ3n) is 5.23. The fraction of sp³-hybridized carbons (Fsp3) is 0.0385. The van der Waals surface area contributed by atoms with Gasteiger partial charge in [0.1, 0.15) is 9.75 Å². The first-order valence-electron chi connectivity index (χ1n) is 10.5. The number of hydrogen-bond acceptors (Lipinski definition) is 7. The van der Waals surface area contributed by atoms with Crippen LogP contribution in [0.5, 0.6) is 11.5 Å². The van der Waals surface area contributed by atoms with E-state index in [-0.39, 0.29) is 5.75 Å². The second kappa shape index (κ2) is 10.3. The average Bonchev–Trinajstić information content (AvgIpc) is 3.42. The zero-order valence-corrected chi connectivity index (χ0v) is 21.7. The van der Waals surface area contributed by atoms with Gasteiger partial charge in [0.25, 0.3) is 5.91 Å². The molecule has 0 bridgehead atoms. The van der Waals surface area contributed by atoms with Crippen LogP contribution in [0.1, 0.15) is 24.9 Å². The first-order valence-corrected chi connectivity index (χ1v) is 12.9. The Hall–Kier alpha value is -3.43. The number of fused-ring (bicyclic) bond motifs is 2. The number of carbonyl (C=O) groups excluding carboxylic acids is 2. The van der Waals surface area contributed by atoms with E-state index < -0.39 is 11.9 Å². The van der Waals surface area contributed by atoms with Crippen LogP contribution in [0.3, 0.4) is 0 Å². The van der Waals surface area contributed by atoms with Gasteiger partial charge in [-0.2, -0.15) is 5.10 Å². The molecule has 36 heavy (non-hydrogen) atoms. The van der Waals surface area contributed by atoms with Gasteiger partial charge >= 0.3 is 5.97 Å². The summed E-state index contributed by atoms with van der Waals surface area (Å²) in [5.74, 6) is -0.429. The van der Waals surface area contributed by atoms with Gasteiger partial charge in [-0.3, -0.25) is 4.79 Å². The topological polar surface area (TPSA) is 77.0 Å². The molecule has 5 rings (SSSR count). The summed E-state index contributed by atoms with van der Waals surface area (Å²) in [6, 6.07) is 19.9. The molecule has 0 radical (unpaired) electrons. The van der Waals surface area contributed by atoms with Gasteiger partial charge in [-0.15, -0.1) is 22.7 Å². The van der Waals surface area contributed by atoms with Crippen molar-refractivity contribution in [1.82, 2.24) is 5.43 Å². The minimum absolute atomic E-state index is 0.231. The van der Waals surface area contributed by atoms with Crippen LogP contribution in [0, 0.1) is 0 Å². The molecule has 1 N–H and O–H groups in total. The van der Waals surface area contributed by atoms with Crippen LogP contribution < -0.4 is 14.9 Å². The molecule has 1 amide bonds. The predicted molar refractivity (Wildman–Crippen MR) is 147 cm³/mol. The van der Waals surface area contributed by atoms with E-state index in [1.807, 2.05) is 48.5 Å². The molecule has 0 atom stereocenters. The Morgan fingerprint density at radius 2 is 1.47 bits per heavy atom. The molecule has 0 aliphatic rings. The number of esters is 1. The lowest BCUT2D eigenvalue weighted by Crippen LogP contribution is -2.16. The second-order valence-corrected chi connectivity index (χ2v) is 10.3. The molecule has 180 valence electrons. The Morgan fingerprint density at radius 3 is 2.11 bits per heavy atom. The van der Waals surface area contributed by atoms with Crippen molar-refractivity contribution < 1.29 is 19.1 Å². The number of nitrogens with one attached hydrogen (secondary N) is 1. The maximum absolute atomic E-state index is 12.8. The van der Waals surface area contributed by atoms with Crippen LogP contribution in [0.25, 0.3) is 20.2 Å². The number of amides is 1. The number of nitrogens with zero attached hydrogens (tertiary/aromatic N) is 1. The number of benzene rings is 3. The smallest absolute Gasteiger partial charge is 0.355 e. The Morgan fingerprint density at radius 1 is 0.861 bits per heavy atom. The fourth-order valence-corrected chi connectivity index (χ4v) is 6.31. The highest BCUT2D eigenvalue weighted by atomic mass is 35.5. The molecule has 0 unspecified atom stereocenters. The lowest BCUT2D eigenvalue weighted by Gasteiger charge is -2.09. The van der Waals surface area contributed by atoms with E-state index in [0.717, 1.165) is 20.2 Å². The van der Waals surface area contributed by atoms with Crippen LogP contribution in [0.2, 0.25) is 10.0 Å². The fourth-order valence-electron chi connectivity index (χ4n) is 3.52. The summed E-state index contributed by atoms with van der Waals surface area (Å²) in [5.41, 5.74) is 3.11. The number of carbonyl (C=O) groups is 2. The van der Waals surface area contributed by atoms with E-state index in [4.69, 9.17) is 32.7 Å². The summed E-state index contributed by atoms with van der Waals surface area (Å²) < 4.78 is 12.8. The molecule has 3 aromatic carbocycles. The summed E-state index contributed by atoms with van der Waals surface area (Å²) in [4.78, 5) is 26.1. The van der Waals surface area contributed by atoms with Crippen molar-refractivity contribution in [3.05, 3.63) is 92.1 Å². The minimum atomic E-state index is -0.576. The van der Waals surface area contributed by atoms with Crippen molar-refractivity contribution in [2.45, 2.75) is 0 Å². The van der Waals surface area contributed by atoms with Crippen molar-refractivity contribution in [2.24, 2.45) is 5.10 Å². The largest absolute Gasteiger partial charge is 0.493 e. The summed E-state index contributed by atoms with van der Waals surface area (Å²) in [6.45, 7) is 0. The van der Waals surface area contributed by atoms with E-state index in [1.165, 1.54) is 36.0 Å². The third kappa shape index (κ3) is 4.68. The van der Waals surface area contributed by atoms with Crippen LogP contribution in [0.15, 0.2) is 71.8 Å². The molecule has 0 aliphatic carbocycles. The molecular weight excluding hydrogens is 539 g/mol. The predicted octanol–water partition coefficient (Wildman–Crippen LogP) is 7.41. The number of halogens is 2. The maximum atomic E-state index is 12.8. The summed E-state index contributed by atoms with van der Waals surface area (Å²) in [6.07, 6.45) is 1.45. The highest BCUT2D eigenvalue weighted by molar-refractivity contribution is 7.22. The monoisotopic (exact) mass is 554 g/mol. The molecule has 0 saturated carbocycles. The van der Waals surface area contributed by atoms with Gasteiger partial charge in [0.05, 0.1) is 23.4 Å². The van der Waals surface area contributed by atoms with E-state index in [9.17, 15) is 9.59 Å². The molecule has 2 aromatic heterocycles. The zero-order chi connectivity index (χ0) is 25.2. The van der Waals surface area contributed by atoms with Gasteiger partial charge in [0, 0.05) is 20.2 Å². The van der Waals surface area contributed by atoms with Gasteiger partial charge in [-0.25, -0.2) is 10.2 Å². The summed E-state index contributed by atoms with van der Waals surface area (Å²) >= 11 is 15.3. The van der Waals surface area contributed by atoms with Crippen molar-refractivity contribution in [1.29, 1.82) is 0 Å². The zero-order valence-electron chi connectivity index (χ0n) is 18.6. The van der Waals surface area contributed by atoms with Crippen LogP contribution >= 0.6 is 45.9 Å². The Balaban J connectivity index is 1.30. The first kappa shape index (κ1) is 24.3. The van der Waals surface area contributed by atoms with Crippen LogP contribution in [0.4, 0.5) is 0 Å². The average molecular weight is 555 g/mol. The van der Waals surface area contributed by atoms with Gasteiger partial charge in [-0.05, 0) is 35.9 Å². The standard InChI is InChI=1S/C26H16Cl2N2O4S2/c1-33-18-12-14(13-29-30-25(31)23-21(27)15-6-2-4-8-19(15)35-23)10-11-17(18)34-26(32)24-22(28)16-7-3-5-9-20(16)36-24/h2-13H,1H3,(H,30,31). The number of hydrogen-bond donors (Lipinski definition) is 1. The molecule has 2 heterocycles. The molecule has 10 heteroatoms. The number of rotatable bonds is 6. The van der Waals surface area contributed by atoms with Crippen molar-refractivity contribution in [2.75, 3.05) is 7.11 Å².